The second-order valence-electron chi connectivity index (χ2n) is 5.40. The van der Waals surface area contributed by atoms with Crippen molar-refractivity contribution in [3.63, 3.8) is 0 Å². The summed E-state index contributed by atoms with van der Waals surface area (Å²) in [5, 5.41) is 11.7. The number of carbonyl (C=O) groups excluding carboxylic acids is 1. The molecule has 0 aromatic carbocycles. The Morgan fingerprint density at radius 2 is 1.80 bits per heavy atom. The number of hydrogen-bond donors (Lipinski definition) is 2. The fourth-order valence-corrected chi connectivity index (χ4v) is 1.47. The number of carboxylic acids is 1. The lowest BCUT2D eigenvalue weighted by molar-refractivity contribution is -0.155. The Labute approximate surface area is 89.4 Å². The van der Waals surface area contributed by atoms with Gasteiger partial charge in [0.2, 0.25) is 0 Å². The van der Waals surface area contributed by atoms with Crippen LogP contribution in [0.15, 0.2) is 0 Å². The molecule has 1 aliphatic heterocycles. The molecule has 1 heterocycles. The lowest BCUT2D eigenvalue weighted by atomic mass is 9.82. The fraction of sp³-hybridized carbons (Fsp3) is 0.800. The van der Waals surface area contributed by atoms with Crippen molar-refractivity contribution in [3.8, 4) is 0 Å². The van der Waals surface area contributed by atoms with Crippen molar-refractivity contribution in [1.29, 1.82) is 0 Å². The maximum absolute atomic E-state index is 11.6. The highest BCUT2D eigenvalue weighted by atomic mass is 16.4. The summed E-state index contributed by atoms with van der Waals surface area (Å²) in [5.41, 5.74) is -1.05. The Morgan fingerprint density at radius 3 is 2.13 bits per heavy atom. The van der Waals surface area contributed by atoms with E-state index in [0.717, 1.165) is 0 Å². The van der Waals surface area contributed by atoms with E-state index in [9.17, 15) is 9.59 Å². The Kier molecular flexibility index (Phi) is 2.67. The SMILES string of the molecule is CC(C)(C)NC(=O)N1CC(C)(C(=O)O)C1. The minimum absolute atomic E-state index is 0.193. The topological polar surface area (TPSA) is 69.6 Å². The first kappa shape index (κ1) is 11.8. The van der Waals surface area contributed by atoms with E-state index in [1.165, 1.54) is 4.90 Å². The molecular formula is C10H18N2O3. The van der Waals surface area contributed by atoms with E-state index in [-0.39, 0.29) is 24.7 Å². The van der Waals surface area contributed by atoms with Crippen LogP contribution < -0.4 is 5.32 Å². The van der Waals surface area contributed by atoms with Crippen LogP contribution in [0.25, 0.3) is 0 Å². The van der Waals surface area contributed by atoms with Gasteiger partial charge in [-0.15, -0.1) is 0 Å². The summed E-state index contributed by atoms with van der Waals surface area (Å²) >= 11 is 0. The molecule has 0 aromatic heterocycles. The number of nitrogens with zero attached hydrogens (tertiary/aromatic N) is 1. The third-order valence-corrected chi connectivity index (χ3v) is 2.37. The number of likely N-dealkylation sites (tertiary alicyclic amines) is 1. The third kappa shape index (κ3) is 2.61. The Morgan fingerprint density at radius 1 is 1.33 bits per heavy atom. The molecular weight excluding hydrogens is 196 g/mol. The van der Waals surface area contributed by atoms with Gasteiger partial charge in [-0.25, -0.2) is 4.79 Å². The zero-order valence-electron chi connectivity index (χ0n) is 9.63. The van der Waals surface area contributed by atoms with Gasteiger partial charge in [0.25, 0.3) is 0 Å². The maximum Gasteiger partial charge on any atom is 0.317 e. The molecule has 0 radical (unpaired) electrons. The molecule has 5 heteroatoms. The van der Waals surface area contributed by atoms with Crippen LogP contribution >= 0.6 is 0 Å². The summed E-state index contributed by atoms with van der Waals surface area (Å²) < 4.78 is 0. The van der Waals surface area contributed by atoms with Gasteiger partial charge in [-0.1, -0.05) is 0 Å². The maximum atomic E-state index is 11.6. The first-order chi connectivity index (χ1) is 6.64. The summed E-state index contributed by atoms with van der Waals surface area (Å²) in [4.78, 5) is 23.9. The van der Waals surface area contributed by atoms with Crippen molar-refractivity contribution in [2.45, 2.75) is 33.2 Å². The largest absolute Gasteiger partial charge is 0.481 e. The number of amides is 2. The fourth-order valence-electron chi connectivity index (χ4n) is 1.47. The molecule has 1 saturated heterocycles. The quantitative estimate of drug-likeness (QED) is 0.681. The highest BCUT2D eigenvalue weighted by molar-refractivity contribution is 5.82. The number of urea groups is 1. The van der Waals surface area contributed by atoms with Crippen molar-refractivity contribution < 1.29 is 14.7 Å². The highest BCUT2D eigenvalue weighted by Gasteiger charge is 2.47. The normalized spacial score (nSPS) is 19.3. The molecule has 2 amide bonds. The van der Waals surface area contributed by atoms with Crippen LogP contribution in [0, 0.1) is 5.41 Å². The van der Waals surface area contributed by atoms with Gasteiger partial charge in [-0.3, -0.25) is 4.79 Å². The number of hydrogen-bond acceptors (Lipinski definition) is 2. The third-order valence-electron chi connectivity index (χ3n) is 2.37. The molecule has 0 bridgehead atoms. The highest BCUT2D eigenvalue weighted by Crippen LogP contribution is 2.29. The van der Waals surface area contributed by atoms with Gasteiger partial charge in [0, 0.05) is 18.6 Å². The second kappa shape index (κ2) is 3.40. The van der Waals surface area contributed by atoms with E-state index in [4.69, 9.17) is 5.11 Å². The smallest absolute Gasteiger partial charge is 0.317 e. The lowest BCUT2D eigenvalue weighted by Crippen LogP contribution is -2.64. The van der Waals surface area contributed by atoms with Crippen LogP contribution in [0.5, 0.6) is 0 Å². The van der Waals surface area contributed by atoms with Gasteiger partial charge in [0.1, 0.15) is 5.41 Å². The molecule has 0 atom stereocenters. The Bertz CT molecular complexity index is 288. The van der Waals surface area contributed by atoms with Crippen molar-refractivity contribution >= 4 is 12.0 Å². The molecule has 0 saturated carbocycles. The summed E-state index contributed by atoms with van der Waals surface area (Å²) in [6.07, 6.45) is 0. The van der Waals surface area contributed by atoms with E-state index in [2.05, 4.69) is 5.32 Å². The Hall–Kier alpha value is -1.26. The van der Waals surface area contributed by atoms with Crippen LogP contribution in [0.4, 0.5) is 4.79 Å². The van der Waals surface area contributed by atoms with Crippen LogP contribution in [-0.2, 0) is 4.79 Å². The predicted molar refractivity (Wildman–Crippen MR) is 55.6 cm³/mol. The standard InChI is InChI=1S/C10H18N2O3/c1-9(2,3)11-8(15)12-5-10(4,6-12)7(13)14/h5-6H2,1-4H3,(H,11,15)(H,13,14). The van der Waals surface area contributed by atoms with Gasteiger partial charge in [-0.2, -0.15) is 0 Å². The van der Waals surface area contributed by atoms with Crippen molar-refractivity contribution in [2.75, 3.05) is 13.1 Å². The Balaban J connectivity index is 2.46. The number of nitrogens with one attached hydrogen (secondary N) is 1. The van der Waals surface area contributed by atoms with Gasteiger partial charge >= 0.3 is 12.0 Å². The number of rotatable bonds is 1. The lowest BCUT2D eigenvalue weighted by Gasteiger charge is -2.45. The van der Waals surface area contributed by atoms with E-state index in [1.54, 1.807) is 6.92 Å². The van der Waals surface area contributed by atoms with E-state index in [0.29, 0.717) is 0 Å². The van der Waals surface area contributed by atoms with Gasteiger partial charge in [-0.05, 0) is 27.7 Å². The predicted octanol–water partition coefficient (Wildman–Crippen LogP) is 0.901. The van der Waals surface area contributed by atoms with Crippen molar-refractivity contribution in [1.82, 2.24) is 10.2 Å². The zero-order chi connectivity index (χ0) is 11.9. The molecule has 86 valence electrons. The van der Waals surface area contributed by atoms with Gasteiger partial charge in [0.05, 0.1) is 0 Å². The zero-order valence-corrected chi connectivity index (χ0v) is 9.63. The summed E-state index contributed by atoms with van der Waals surface area (Å²) in [6, 6.07) is -0.193. The molecule has 0 aliphatic carbocycles. The molecule has 0 aromatic rings. The molecule has 1 aliphatic rings. The van der Waals surface area contributed by atoms with E-state index in [1.807, 2.05) is 20.8 Å². The minimum Gasteiger partial charge on any atom is -0.481 e. The van der Waals surface area contributed by atoms with Crippen molar-refractivity contribution in [2.24, 2.45) is 5.41 Å². The molecule has 1 rings (SSSR count). The molecule has 0 unspecified atom stereocenters. The van der Waals surface area contributed by atoms with Crippen LogP contribution in [0.2, 0.25) is 0 Å². The van der Waals surface area contributed by atoms with Crippen LogP contribution in [0.3, 0.4) is 0 Å². The second-order valence-corrected chi connectivity index (χ2v) is 5.40. The summed E-state index contributed by atoms with van der Waals surface area (Å²) in [7, 11) is 0. The number of carboxylic acid groups (broad SMARTS) is 1. The molecule has 5 nitrogen and oxygen atoms in total. The molecule has 15 heavy (non-hydrogen) atoms. The monoisotopic (exact) mass is 214 g/mol. The molecule has 1 fully saturated rings. The summed E-state index contributed by atoms with van der Waals surface area (Å²) in [6.45, 7) is 7.88. The minimum atomic E-state index is -0.845. The molecule has 0 spiro atoms. The number of carbonyl (C=O) groups is 2. The van der Waals surface area contributed by atoms with Crippen molar-refractivity contribution in [3.05, 3.63) is 0 Å². The van der Waals surface area contributed by atoms with Crippen LogP contribution in [0.1, 0.15) is 27.7 Å². The average Bonchev–Trinajstić information content (AvgIpc) is 1.94. The molecule has 2 N–H and O–H groups in total. The van der Waals surface area contributed by atoms with Gasteiger partial charge in [0.15, 0.2) is 0 Å². The van der Waals surface area contributed by atoms with E-state index < -0.39 is 11.4 Å². The number of aliphatic carboxylic acids is 1. The summed E-state index contributed by atoms with van der Waals surface area (Å²) in [5.74, 6) is -0.845. The van der Waals surface area contributed by atoms with Crippen LogP contribution in [-0.4, -0.2) is 40.6 Å². The first-order valence-electron chi connectivity index (χ1n) is 4.95. The van der Waals surface area contributed by atoms with Gasteiger partial charge < -0.3 is 15.3 Å². The van der Waals surface area contributed by atoms with E-state index >= 15 is 0 Å². The average molecular weight is 214 g/mol. The first-order valence-corrected chi connectivity index (χ1v) is 4.95.